The summed E-state index contributed by atoms with van der Waals surface area (Å²) in [5.41, 5.74) is 0.558. The smallest absolute Gasteiger partial charge is 0.246 e. The lowest BCUT2D eigenvalue weighted by molar-refractivity contribution is -0.116. The Kier molecular flexibility index (Phi) is 4.85. The fourth-order valence-corrected chi connectivity index (χ4v) is 2.36. The third kappa shape index (κ3) is 3.77. The van der Waals surface area contributed by atoms with Crippen LogP contribution in [0.15, 0.2) is 18.9 Å². The van der Waals surface area contributed by atoms with Gasteiger partial charge in [0.2, 0.25) is 11.9 Å². The Morgan fingerprint density at radius 2 is 2.17 bits per heavy atom. The highest BCUT2D eigenvalue weighted by Crippen LogP contribution is 2.24. The number of rotatable bonds is 5. The number of carbonyl (C=O) groups excluding carboxylic acids is 1. The van der Waals surface area contributed by atoms with Crippen molar-refractivity contribution in [1.29, 1.82) is 0 Å². The van der Waals surface area contributed by atoms with Gasteiger partial charge in [-0.15, -0.1) is 0 Å². The van der Waals surface area contributed by atoms with Gasteiger partial charge in [0, 0.05) is 27.2 Å². The molecule has 1 aliphatic rings. The van der Waals surface area contributed by atoms with Gasteiger partial charge < -0.3 is 19.9 Å². The first-order valence-electron chi connectivity index (χ1n) is 7.63. The molecule has 1 amide bonds. The number of carbonyl (C=O) groups is 1. The largest absolute Gasteiger partial charge is 0.378 e. The van der Waals surface area contributed by atoms with Crippen LogP contribution in [0.1, 0.15) is 0 Å². The Morgan fingerprint density at radius 3 is 2.83 bits per heavy atom. The van der Waals surface area contributed by atoms with Gasteiger partial charge in [0.05, 0.1) is 19.4 Å². The van der Waals surface area contributed by atoms with E-state index in [2.05, 4.69) is 30.3 Å². The van der Waals surface area contributed by atoms with Crippen LogP contribution in [-0.2, 0) is 16.1 Å². The van der Waals surface area contributed by atoms with E-state index in [1.807, 2.05) is 19.0 Å². The van der Waals surface area contributed by atoms with E-state index in [1.54, 1.807) is 6.20 Å². The fourth-order valence-electron chi connectivity index (χ4n) is 2.36. The summed E-state index contributed by atoms with van der Waals surface area (Å²) in [7, 11) is 3.75. The third-order valence-electron chi connectivity index (χ3n) is 3.52. The molecule has 10 nitrogen and oxygen atoms in total. The summed E-state index contributed by atoms with van der Waals surface area (Å²) in [6.07, 6.45) is 4.51. The van der Waals surface area contributed by atoms with Gasteiger partial charge in [-0.2, -0.15) is 10.1 Å². The molecule has 0 unspecified atom stereocenters. The van der Waals surface area contributed by atoms with Crippen LogP contribution in [0.5, 0.6) is 0 Å². The molecule has 1 N–H and O–H groups in total. The number of nitrogens with zero attached hydrogens (tertiary/aromatic N) is 7. The number of nitrogens with one attached hydrogen (secondary N) is 1. The first kappa shape index (κ1) is 16.1. The van der Waals surface area contributed by atoms with Crippen molar-refractivity contribution in [3.05, 3.63) is 18.9 Å². The predicted octanol–water partition coefficient (Wildman–Crippen LogP) is -0.391. The monoisotopic (exact) mass is 332 g/mol. The number of aromatic nitrogens is 5. The molecule has 10 heteroatoms. The highest BCUT2D eigenvalue weighted by atomic mass is 16.5. The maximum absolute atomic E-state index is 12.1. The van der Waals surface area contributed by atoms with E-state index in [0.717, 1.165) is 13.1 Å². The van der Waals surface area contributed by atoms with Crippen LogP contribution in [0.2, 0.25) is 0 Å². The molecule has 1 saturated heterocycles. The standard InChI is InChI=1S/C14H20N8O2/c1-20(2)13-11(18-12(23)8-22-10-15-9-17-22)7-16-14(19-13)21-3-5-24-6-4-21/h7,9-10H,3-6,8H2,1-2H3,(H,18,23). The summed E-state index contributed by atoms with van der Waals surface area (Å²) in [4.78, 5) is 28.8. The minimum absolute atomic E-state index is 0.0814. The molecular weight excluding hydrogens is 312 g/mol. The first-order valence-corrected chi connectivity index (χ1v) is 7.63. The van der Waals surface area contributed by atoms with Crippen molar-refractivity contribution in [3.8, 4) is 0 Å². The number of hydrogen-bond acceptors (Lipinski definition) is 8. The molecule has 24 heavy (non-hydrogen) atoms. The van der Waals surface area contributed by atoms with Gasteiger partial charge >= 0.3 is 0 Å². The van der Waals surface area contributed by atoms with Crippen molar-refractivity contribution in [2.45, 2.75) is 6.54 Å². The van der Waals surface area contributed by atoms with Crippen LogP contribution >= 0.6 is 0 Å². The molecule has 1 aliphatic heterocycles. The lowest BCUT2D eigenvalue weighted by Crippen LogP contribution is -2.37. The minimum Gasteiger partial charge on any atom is -0.378 e. The van der Waals surface area contributed by atoms with Gasteiger partial charge in [-0.05, 0) is 0 Å². The minimum atomic E-state index is -0.216. The number of amides is 1. The van der Waals surface area contributed by atoms with E-state index < -0.39 is 0 Å². The molecule has 0 aliphatic carbocycles. The van der Waals surface area contributed by atoms with E-state index in [-0.39, 0.29) is 12.5 Å². The Morgan fingerprint density at radius 1 is 1.38 bits per heavy atom. The van der Waals surface area contributed by atoms with Crippen LogP contribution < -0.4 is 15.1 Å². The van der Waals surface area contributed by atoms with Crippen LogP contribution in [0.4, 0.5) is 17.5 Å². The van der Waals surface area contributed by atoms with Gasteiger partial charge in [-0.3, -0.25) is 4.79 Å². The van der Waals surface area contributed by atoms with Crippen molar-refractivity contribution < 1.29 is 9.53 Å². The van der Waals surface area contributed by atoms with Crippen LogP contribution in [0.25, 0.3) is 0 Å². The zero-order chi connectivity index (χ0) is 16.9. The quantitative estimate of drug-likeness (QED) is 0.790. The zero-order valence-electron chi connectivity index (χ0n) is 13.7. The van der Waals surface area contributed by atoms with E-state index in [4.69, 9.17) is 4.74 Å². The van der Waals surface area contributed by atoms with E-state index >= 15 is 0 Å². The summed E-state index contributed by atoms with van der Waals surface area (Å²) < 4.78 is 6.80. The zero-order valence-corrected chi connectivity index (χ0v) is 13.7. The highest BCUT2D eigenvalue weighted by Gasteiger charge is 2.18. The topological polar surface area (TPSA) is 101 Å². The Labute approximate surface area is 139 Å². The average Bonchev–Trinajstić information content (AvgIpc) is 3.08. The summed E-state index contributed by atoms with van der Waals surface area (Å²) in [6, 6.07) is 0. The van der Waals surface area contributed by atoms with Gasteiger partial charge in [-0.1, -0.05) is 0 Å². The molecule has 0 spiro atoms. The first-order chi connectivity index (χ1) is 11.6. The molecule has 2 aromatic heterocycles. The van der Waals surface area contributed by atoms with Crippen LogP contribution in [0.3, 0.4) is 0 Å². The van der Waals surface area contributed by atoms with Gasteiger partial charge in [0.25, 0.3) is 0 Å². The summed E-state index contributed by atoms with van der Waals surface area (Å²) in [5.74, 6) is 1.07. The summed E-state index contributed by atoms with van der Waals surface area (Å²) >= 11 is 0. The maximum atomic E-state index is 12.1. The normalized spacial score (nSPS) is 14.5. The molecule has 0 bridgehead atoms. The molecule has 1 fully saturated rings. The lowest BCUT2D eigenvalue weighted by atomic mass is 10.4. The number of anilines is 3. The van der Waals surface area contributed by atoms with Crippen molar-refractivity contribution in [2.75, 3.05) is 55.5 Å². The van der Waals surface area contributed by atoms with Gasteiger partial charge in [-0.25, -0.2) is 14.6 Å². The van der Waals surface area contributed by atoms with Crippen LogP contribution in [-0.4, -0.2) is 71.0 Å². The second-order valence-electron chi connectivity index (χ2n) is 5.54. The molecule has 0 atom stereocenters. The highest BCUT2D eigenvalue weighted by molar-refractivity contribution is 5.93. The van der Waals surface area contributed by atoms with Crippen molar-refractivity contribution >= 4 is 23.4 Å². The lowest BCUT2D eigenvalue weighted by Gasteiger charge is -2.28. The fraction of sp³-hybridized carbons (Fsp3) is 0.500. The average molecular weight is 332 g/mol. The van der Waals surface area contributed by atoms with E-state index in [0.29, 0.717) is 30.7 Å². The number of hydrogen-bond donors (Lipinski definition) is 1. The second-order valence-corrected chi connectivity index (χ2v) is 5.54. The Balaban J connectivity index is 1.75. The SMILES string of the molecule is CN(C)c1nc(N2CCOCC2)ncc1NC(=O)Cn1cncn1. The molecular formula is C14H20N8O2. The predicted molar refractivity (Wildman–Crippen MR) is 88.0 cm³/mol. The van der Waals surface area contributed by atoms with Crippen molar-refractivity contribution in [1.82, 2.24) is 24.7 Å². The Hall–Kier alpha value is -2.75. The molecule has 128 valence electrons. The maximum Gasteiger partial charge on any atom is 0.246 e. The molecule has 3 rings (SSSR count). The molecule has 0 radical (unpaired) electrons. The summed E-state index contributed by atoms with van der Waals surface area (Å²) in [5, 5.41) is 6.74. The van der Waals surface area contributed by atoms with Gasteiger partial charge in [0.15, 0.2) is 5.82 Å². The van der Waals surface area contributed by atoms with E-state index in [1.165, 1.54) is 17.3 Å². The second kappa shape index (κ2) is 7.21. The summed E-state index contributed by atoms with van der Waals surface area (Å²) in [6.45, 7) is 2.92. The number of ether oxygens (including phenoxy) is 1. The molecule has 0 aromatic carbocycles. The Bertz CT molecular complexity index is 682. The van der Waals surface area contributed by atoms with Gasteiger partial charge in [0.1, 0.15) is 24.9 Å². The number of morpholine rings is 1. The van der Waals surface area contributed by atoms with Crippen LogP contribution in [0, 0.1) is 0 Å². The molecule has 0 saturated carbocycles. The van der Waals surface area contributed by atoms with Crippen molar-refractivity contribution in [3.63, 3.8) is 0 Å². The van der Waals surface area contributed by atoms with Crippen molar-refractivity contribution in [2.24, 2.45) is 0 Å². The third-order valence-corrected chi connectivity index (χ3v) is 3.52. The molecule has 3 heterocycles. The van der Waals surface area contributed by atoms with E-state index in [9.17, 15) is 4.79 Å². The molecule has 2 aromatic rings.